The van der Waals surface area contributed by atoms with Crippen molar-refractivity contribution in [1.82, 2.24) is 15.3 Å². The molecule has 0 aromatic carbocycles. The van der Waals surface area contributed by atoms with Crippen molar-refractivity contribution in [2.45, 2.75) is 43.8 Å². The molecule has 1 spiro atoms. The summed E-state index contributed by atoms with van der Waals surface area (Å²) in [5, 5.41) is 3.32. The van der Waals surface area contributed by atoms with Gasteiger partial charge in [0, 0.05) is 6.54 Å². The van der Waals surface area contributed by atoms with E-state index in [1.54, 1.807) is 0 Å². The summed E-state index contributed by atoms with van der Waals surface area (Å²) in [6.07, 6.45) is 3.81. The Morgan fingerprint density at radius 2 is 1.75 bits per heavy atom. The predicted molar refractivity (Wildman–Crippen MR) is 68.2 cm³/mol. The number of nitrogens with one attached hydrogen (secondary N) is 1. The second-order valence-electron chi connectivity index (χ2n) is 5.56. The number of nitrogens with zero attached hydrogens (tertiary/aromatic N) is 3. The molecule has 1 aliphatic carbocycles. The van der Waals surface area contributed by atoms with Gasteiger partial charge in [0.25, 0.3) is 0 Å². The fourth-order valence-corrected chi connectivity index (χ4v) is 3.29. The second-order valence-corrected chi connectivity index (χ2v) is 5.56. The molecule has 0 radical (unpaired) electrons. The second kappa shape index (κ2) is 4.87. The van der Waals surface area contributed by atoms with E-state index in [2.05, 4.69) is 20.2 Å². The van der Waals surface area contributed by atoms with Gasteiger partial charge in [0.1, 0.15) is 0 Å². The van der Waals surface area contributed by atoms with Gasteiger partial charge in [0.05, 0.1) is 30.3 Å². The van der Waals surface area contributed by atoms with Gasteiger partial charge in [-0.2, -0.15) is 13.2 Å². The van der Waals surface area contributed by atoms with Crippen molar-refractivity contribution >= 4 is 5.69 Å². The Morgan fingerprint density at radius 3 is 2.35 bits per heavy atom. The number of alkyl halides is 3. The quantitative estimate of drug-likeness (QED) is 0.861. The van der Waals surface area contributed by atoms with Crippen LogP contribution < -0.4 is 10.2 Å². The van der Waals surface area contributed by atoms with Crippen LogP contribution in [0.4, 0.5) is 18.9 Å². The van der Waals surface area contributed by atoms with Crippen LogP contribution in [0.3, 0.4) is 0 Å². The van der Waals surface area contributed by atoms with E-state index in [1.807, 2.05) is 0 Å². The molecule has 0 amide bonds. The summed E-state index contributed by atoms with van der Waals surface area (Å²) >= 11 is 0. The van der Waals surface area contributed by atoms with Crippen LogP contribution in [0.5, 0.6) is 0 Å². The summed E-state index contributed by atoms with van der Waals surface area (Å²) in [5.41, 5.74) is 0.700. The summed E-state index contributed by atoms with van der Waals surface area (Å²) in [6.45, 7) is 1.53. The lowest BCUT2D eigenvalue weighted by atomic mass is 9.81. The Bertz CT molecular complexity index is 465. The minimum absolute atomic E-state index is 0.0291. The third-order valence-electron chi connectivity index (χ3n) is 4.28. The van der Waals surface area contributed by atoms with Crippen LogP contribution in [-0.2, 0) is 6.18 Å². The van der Waals surface area contributed by atoms with E-state index in [9.17, 15) is 13.2 Å². The smallest absolute Gasteiger partial charge is 0.349 e. The molecule has 0 bridgehead atoms. The van der Waals surface area contributed by atoms with Gasteiger partial charge in [0.2, 0.25) is 5.82 Å². The molecule has 2 fully saturated rings. The highest BCUT2D eigenvalue weighted by atomic mass is 19.4. The molecule has 20 heavy (non-hydrogen) atoms. The Hall–Kier alpha value is -1.37. The van der Waals surface area contributed by atoms with Gasteiger partial charge >= 0.3 is 6.18 Å². The average Bonchev–Trinajstić information content (AvgIpc) is 2.82. The van der Waals surface area contributed by atoms with Crippen molar-refractivity contribution in [2.75, 3.05) is 18.1 Å². The van der Waals surface area contributed by atoms with Crippen molar-refractivity contribution in [2.24, 2.45) is 0 Å². The van der Waals surface area contributed by atoms with Crippen molar-refractivity contribution < 1.29 is 13.2 Å². The molecule has 2 heterocycles. The van der Waals surface area contributed by atoms with Crippen LogP contribution in [0.1, 0.15) is 37.9 Å². The van der Waals surface area contributed by atoms with E-state index in [-0.39, 0.29) is 5.54 Å². The molecule has 1 saturated carbocycles. The fourth-order valence-electron chi connectivity index (χ4n) is 3.29. The van der Waals surface area contributed by atoms with Crippen LogP contribution in [0.2, 0.25) is 0 Å². The molecule has 7 heteroatoms. The highest BCUT2D eigenvalue weighted by Gasteiger charge is 2.42. The topological polar surface area (TPSA) is 41.1 Å². The molecular weight excluding hydrogens is 269 g/mol. The number of hydrogen-bond acceptors (Lipinski definition) is 4. The van der Waals surface area contributed by atoms with Crippen molar-refractivity contribution in [3.05, 3.63) is 18.2 Å². The summed E-state index contributed by atoms with van der Waals surface area (Å²) < 4.78 is 37.5. The zero-order chi connectivity index (χ0) is 14.2. The van der Waals surface area contributed by atoms with E-state index in [4.69, 9.17) is 0 Å². The largest absolute Gasteiger partial charge is 0.451 e. The molecule has 3 rings (SSSR count). The first-order valence-corrected chi connectivity index (χ1v) is 6.89. The maximum Gasteiger partial charge on any atom is 0.451 e. The standard InChI is InChI=1S/C13H17F3N4/c14-13(15,16)11-18-6-10(7-19-11)20-9-17-8-12(20)4-2-1-3-5-12/h6-7,17H,1-5,8-9H2. The van der Waals surface area contributed by atoms with Gasteiger partial charge in [-0.15, -0.1) is 0 Å². The molecule has 4 nitrogen and oxygen atoms in total. The van der Waals surface area contributed by atoms with Crippen molar-refractivity contribution in [3.8, 4) is 0 Å². The Morgan fingerprint density at radius 1 is 1.10 bits per heavy atom. The molecule has 110 valence electrons. The highest BCUT2D eigenvalue weighted by Crippen LogP contribution is 2.38. The Balaban J connectivity index is 1.84. The minimum atomic E-state index is -4.48. The van der Waals surface area contributed by atoms with E-state index >= 15 is 0 Å². The third-order valence-corrected chi connectivity index (χ3v) is 4.28. The molecule has 2 aliphatic rings. The highest BCUT2D eigenvalue weighted by molar-refractivity contribution is 5.47. The zero-order valence-corrected chi connectivity index (χ0v) is 11.1. The molecule has 0 unspecified atom stereocenters. The van der Waals surface area contributed by atoms with E-state index in [1.165, 1.54) is 31.7 Å². The van der Waals surface area contributed by atoms with Crippen LogP contribution in [0, 0.1) is 0 Å². The molecule has 0 atom stereocenters. The van der Waals surface area contributed by atoms with Crippen LogP contribution in [0.15, 0.2) is 12.4 Å². The molecule has 1 aromatic heterocycles. The van der Waals surface area contributed by atoms with Gasteiger partial charge in [0.15, 0.2) is 0 Å². The lowest BCUT2D eigenvalue weighted by Gasteiger charge is -2.41. The lowest BCUT2D eigenvalue weighted by Crippen LogP contribution is -2.47. The van der Waals surface area contributed by atoms with Gasteiger partial charge in [-0.25, -0.2) is 9.97 Å². The monoisotopic (exact) mass is 286 g/mol. The SMILES string of the molecule is FC(F)(F)c1ncc(N2CNCC23CCCCC3)cn1. The molecular formula is C13H17F3N4. The summed E-state index contributed by atoms with van der Waals surface area (Å²) in [6, 6.07) is 0. The third kappa shape index (κ3) is 2.34. The van der Waals surface area contributed by atoms with Gasteiger partial charge in [-0.3, -0.25) is 5.32 Å². The van der Waals surface area contributed by atoms with Gasteiger partial charge in [-0.05, 0) is 12.8 Å². The predicted octanol–water partition coefficient (Wildman–Crippen LogP) is 2.57. The first kappa shape index (κ1) is 13.6. The lowest BCUT2D eigenvalue weighted by molar-refractivity contribution is -0.144. The summed E-state index contributed by atoms with van der Waals surface area (Å²) in [7, 11) is 0. The number of aromatic nitrogens is 2. The van der Waals surface area contributed by atoms with E-state index in [0.29, 0.717) is 12.4 Å². The van der Waals surface area contributed by atoms with Crippen LogP contribution in [-0.4, -0.2) is 28.7 Å². The van der Waals surface area contributed by atoms with Crippen LogP contribution >= 0.6 is 0 Å². The number of hydrogen-bond donors (Lipinski definition) is 1. The van der Waals surface area contributed by atoms with Gasteiger partial charge < -0.3 is 4.90 Å². The minimum Gasteiger partial charge on any atom is -0.349 e. The first-order valence-electron chi connectivity index (χ1n) is 6.89. The van der Waals surface area contributed by atoms with Crippen molar-refractivity contribution in [3.63, 3.8) is 0 Å². The zero-order valence-electron chi connectivity index (χ0n) is 11.1. The summed E-state index contributed by atoms with van der Waals surface area (Å²) in [5.74, 6) is -1.08. The molecule has 1 aromatic rings. The number of anilines is 1. The maximum atomic E-state index is 12.5. The average molecular weight is 286 g/mol. The Kier molecular flexibility index (Phi) is 3.32. The first-order chi connectivity index (χ1) is 9.51. The maximum absolute atomic E-state index is 12.5. The Labute approximate surface area is 115 Å². The number of halogens is 3. The van der Waals surface area contributed by atoms with E-state index in [0.717, 1.165) is 19.4 Å². The molecule has 1 N–H and O–H groups in total. The fraction of sp³-hybridized carbons (Fsp3) is 0.692. The molecule has 1 aliphatic heterocycles. The van der Waals surface area contributed by atoms with Gasteiger partial charge in [-0.1, -0.05) is 19.3 Å². The molecule has 1 saturated heterocycles. The normalized spacial score (nSPS) is 22.4. The van der Waals surface area contributed by atoms with E-state index < -0.39 is 12.0 Å². The summed E-state index contributed by atoms with van der Waals surface area (Å²) in [4.78, 5) is 9.07. The number of rotatable bonds is 1. The van der Waals surface area contributed by atoms with Crippen molar-refractivity contribution in [1.29, 1.82) is 0 Å². The van der Waals surface area contributed by atoms with Crippen LogP contribution in [0.25, 0.3) is 0 Å².